The van der Waals surface area contributed by atoms with Gasteiger partial charge in [-0.05, 0) is 44.0 Å². The van der Waals surface area contributed by atoms with Gasteiger partial charge in [-0.3, -0.25) is 9.88 Å². The summed E-state index contributed by atoms with van der Waals surface area (Å²) in [7, 11) is 0. The van der Waals surface area contributed by atoms with Gasteiger partial charge in [0.25, 0.3) is 0 Å². The molecular weight excluding hydrogens is 172 g/mol. The molecule has 0 atom stereocenters. The summed E-state index contributed by atoms with van der Waals surface area (Å²) in [5.74, 6) is 0. The van der Waals surface area contributed by atoms with Gasteiger partial charge in [0, 0.05) is 12.7 Å². The summed E-state index contributed by atoms with van der Waals surface area (Å²) >= 11 is 0. The third-order valence-corrected chi connectivity index (χ3v) is 2.88. The number of hydrogen-bond acceptors (Lipinski definition) is 2. The molecule has 1 aliphatic heterocycles. The zero-order chi connectivity index (χ0) is 9.80. The molecule has 0 radical (unpaired) electrons. The van der Waals surface area contributed by atoms with Crippen molar-refractivity contribution < 1.29 is 0 Å². The fourth-order valence-electron chi connectivity index (χ4n) is 1.93. The third kappa shape index (κ3) is 2.32. The van der Waals surface area contributed by atoms with Crippen LogP contribution >= 0.6 is 0 Å². The number of aromatic nitrogens is 1. The summed E-state index contributed by atoms with van der Waals surface area (Å²) in [5.41, 5.74) is 2.54. The molecule has 0 aliphatic carbocycles. The second-order valence-electron chi connectivity index (χ2n) is 3.99. The van der Waals surface area contributed by atoms with Crippen LogP contribution < -0.4 is 0 Å². The van der Waals surface area contributed by atoms with Crippen molar-refractivity contribution in [1.29, 1.82) is 0 Å². The summed E-state index contributed by atoms with van der Waals surface area (Å²) in [6.07, 6.45) is 5.79. The molecule has 0 bridgehead atoms. The first-order valence-electron chi connectivity index (χ1n) is 5.54. The molecule has 0 saturated carbocycles. The van der Waals surface area contributed by atoms with E-state index in [1.165, 1.54) is 37.2 Å². The Kier molecular flexibility index (Phi) is 3.14. The highest BCUT2D eigenvalue weighted by Gasteiger charge is 2.11. The van der Waals surface area contributed by atoms with Crippen molar-refractivity contribution in [1.82, 2.24) is 9.88 Å². The molecule has 0 unspecified atom stereocenters. The van der Waals surface area contributed by atoms with Gasteiger partial charge >= 0.3 is 0 Å². The van der Waals surface area contributed by atoms with Gasteiger partial charge in [0.1, 0.15) is 0 Å². The van der Waals surface area contributed by atoms with Crippen LogP contribution in [-0.4, -0.2) is 23.0 Å². The molecule has 1 saturated heterocycles. The van der Waals surface area contributed by atoms with Crippen LogP contribution in [0.3, 0.4) is 0 Å². The Morgan fingerprint density at radius 3 is 2.64 bits per heavy atom. The lowest BCUT2D eigenvalue weighted by molar-refractivity contribution is 0.327. The SMILES string of the molecule is CCc1ccc(CN2CCCC2)nc1. The van der Waals surface area contributed by atoms with Gasteiger partial charge in [0.2, 0.25) is 0 Å². The van der Waals surface area contributed by atoms with Crippen LogP contribution in [0.1, 0.15) is 31.0 Å². The number of likely N-dealkylation sites (tertiary alicyclic amines) is 1. The summed E-state index contributed by atoms with van der Waals surface area (Å²) in [6, 6.07) is 4.36. The first-order chi connectivity index (χ1) is 6.88. The van der Waals surface area contributed by atoms with Crippen LogP contribution in [0.4, 0.5) is 0 Å². The van der Waals surface area contributed by atoms with Crippen molar-refractivity contribution in [2.75, 3.05) is 13.1 Å². The molecule has 2 nitrogen and oxygen atoms in total. The van der Waals surface area contributed by atoms with Gasteiger partial charge in [0.15, 0.2) is 0 Å². The average molecular weight is 190 g/mol. The second kappa shape index (κ2) is 4.56. The molecular formula is C12H18N2. The minimum absolute atomic E-state index is 1.03. The van der Waals surface area contributed by atoms with Crippen molar-refractivity contribution in [3.05, 3.63) is 29.6 Å². The van der Waals surface area contributed by atoms with E-state index in [1.54, 1.807) is 0 Å². The van der Waals surface area contributed by atoms with E-state index < -0.39 is 0 Å². The van der Waals surface area contributed by atoms with Gasteiger partial charge in [-0.15, -0.1) is 0 Å². The topological polar surface area (TPSA) is 16.1 Å². The number of rotatable bonds is 3. The lowest BCUT2D eigenvalue weighted by Crippen LogP contribution is -2.19. The normalized spacial score (nSPS) is 17.5. The first-order valence-corrected chi connectivity index (χ1v) is 5.54. The molecule has 0 amide bonds. The van der Waals surface area contributed by atoms with E-state index in [1.807, 2.05) is 6.20 Å². The van der Waals surface area contributed by atoms with Crippen LogP contribution in [0.2, 0.25) is 0 Å². The number of hydrogen-bond donors (Lipinski definition) is 0. The van der Waals surface area contributed by atoms with Gasteiger partial charge in [-0.2, -0.15) is 0 Å². The minimum atomic E-state index is 1.03. The van der Waals surface area contributed by atoms with Crippen molar-refractivity contribution >= 4 is 0 Å². The maximum atomic E-state index is 4.47. The lowest BCUT2D eigenvalue weighted by Gasteiger charge is -2.13. The summed E-state index contributed by atoms with van der Waals surface area (Å²) in [5, 5.41) is 0. The molecule has 0 spiro atoms. The van der Waals surface area contributed by atoms with Crippen LogP contribution in [0, 0.1) is 0 Å². The third-order valence-electron chi connectivity index (χ3n) is 2.88. The van der Waals surface area contributed by atoms with E-state index in [2.05, 4.69) is 28.9 Å². The Balaban J connectivity index is 1.95. The van der Waals surface area contributed by atoms with Gasteiger partial charge < -0.3 is 0 Å². The molecule has 14 heavy (non-hydrogen) atoms. The zero-order valence-corrected chi connectivity index (χ0v) is 8.87. The Bertz CT molecular complexity index is 273. The standard InChI is InChI=1S/C12H18N2/c1-2-11-5-6-12(13-9-11)10-14-7-3-4-8-14/h5-6,9H,2-4,7-8,10H2,1H3. The Morgan fingerprint density at radius 2 is 2.07 bits per heavy atom. The van der Waals surface area contributed by atoms with E-state index >= 15 is 0 Å². The van der Waals surface area contributed by atoms with Gasteiger partial charge in [0.05, 0.1) is 5.69 Å². The predicted octanol–water partition coefficient (Wildman–Crippen LogP) is 2.24. The summed E-state index contributed by atoms with van der Waals surface area (Å²) in [6.45, 7) is 5.69. The molecule has 1 fully saturated rings. The second-order valence-corrected chi connectivity index (χ2v) is 3.99. The lowest BCUT2D eigenvalue weighted by atomic mass is 10.2. The molecule has 2 heterocycles. The smallest absolute Gasteiger partial charge is 0.0544 e. The maximum Gasteiger partial charge on any atom is 0.0544 e. The van der Waals surface area contributed by atoms with E-state index in [-0.39, 0.29) is 0 Å². The highest BCUT2D eigenvalue weighted by Crippen LogP contribution is 2.11. The van der Waals surface area contributed by atoms with Crippen LogP contribution in [0.25, 0.3) is 0 Å². The van der Waals surface area contributed by atoms with Crippen molar-refractivity contribution in [3.8, 4) is 0 Å². The zero-order valence-electron chi connectivity index (χ0n) is 8.87. The molecule has 1 aromatic heterocycles. The van der Waals surface area contributed by atoms with E-state index in [0.29, 0.717) is 0 Å². The largest absolute Gasteiger partial charge is 0.298 e. The van der Waals surface area contributed by atoms with Crippen molar-refractivity contribution in [2.24, 2.45) is 0 Å². The molecule has 76 valence electrons. The maximum absolute atomic E-state index is 4.47. The monoisotopic (exact) mass is 190 g/mol. The average Bonchev–Trinajstić information content (AvgIpc) is 2.72. The Hall–Kier alpha value is -0.890. The minimum Gasteiger partial charge on any atom is -0.298 e. The summed E-state index contributed by atoms with van der Waals surface area (Å²) in [4.78, 5) is 6.95. The number of pyridine rings is 1. The first kappa shape index (κ1) is 9.66. The van der Waals surface area contributed by atoms with Gasteiger partial charge in [-0.25, -0.2) is 0 Å². The highest BCUT2D eigenvalue weighted by molar-refractivity contribution is 5.13. The van der Waals surface area contributed by atoms with Gasteiger partial charge in [-0.1, -0.05) is 13.0 Å². The van der Waals surface area contributed by atoms with Crippen molar-refractivity contribution in [3.63, 3.8) is 0 Å². The molecule has 1 aromatic rings. The fraction of sp³-hybridized carbons (Fsp3) is 0.583. The molecule has 2 rings (SSSR count). The molecule has 1 aliphatic rings. The van der Waals surface area contributed by atoms with Crippen LogP contribution in [-0.2, 0) is 13.0 Å². The number of aryl methyl sites for hydroxylation is 1. The van der Waals surface area contributed by atoms with Crippen molar-refractivity contribution in [2.45, 2.75) is 32.7 Å². The highest BCUT2D eigenvalue weighted by atomic mass is 15.1. The number of nitrogens with zero attached hydrogens (tertiary/aromatic N) is 2. The fourth-order valence-corrected chi connectivity index (χ4v) is 1.93. The van der Waals surface area contributed by atoms with E-state index in [9.17, 15) is 0 Å². The predicted molar refractivity (Wildman–Crippen MR) is 58.1 cm³/mol. The van der Waals surface area contributed by atoms with Crippen LogP contribution in [0.5, 0.6) is 0 Å². The van der Waals surface area contributed by atoms with Crippen LogP contribution in [0.15, 0.2) is 18.3 Å². The summed E-state index contributed by atoms with van der Waals surface area (Å²) < 4.78 is 0. The van der Waals surface area contributed by atoms with E-state index in [0.717, 1.165) is 13.0 Å². The Labute approximate surface area is 86.0 Å². The molecule has 0 aromatic carbocycles. The molecule has 2 heteroatoms. The van der Waals surface area contributed by atoms with E-state index in [4.69, 9.17) is 0 Å². The Morgan fingerprint density at radius 1 is 1.29 bits per heavy atom. The molecule has 0 N–H and O–H groups in total. The quantitative estimate of drug-likeness (QED) is 0.726.